The lowest BCUT2D eigenvalue weighted by molar-refractivity contribution is -0.126. The van der Waals surface area contributed by atoms with Crippen LogP contribution in [0.3, 0.4) is 0 Å². The molecule has 2 heterocycles. The molecule has 1 aromatic heterocycles. The van der Waals surface area contributed by atoms with E-state index in [0.717, 1.165) is 5.56 Å². The molecule has 0 radical (unpaired) electrons. The van der Waals surface area contributed by atoms with E-state index in [9.17, 15) is 13.2 Å². The first-order valence-corrected chi connectivity index (χ1v) is 10.9. The Labute approximate surface area is 164 Å². The van der Waals surface area contributed by atoms with Crippen LogP contribution in [0.4, 0.5) is 0 Å². The van der Waals surface area contributed by atoms with Crippen molar-refractivity contribution in [3.8, 4) is 0 Å². The van der Waals surface area contributed by atoms with Gasteiger partial charge in [0.05, 0.1) is 17.5 Å². The van der Waals surface area contributed by atoms with Crippen LogP contribution in [0, 0.1) is 0 Å². The van der Waals surface area contributed by atoms with Crippen molar-refractivity contribution in [3.63, 3.8) is 0 Å². The third-order valence-electron chi connectivity index (χ3n) is 4.71. The molecular formula is C19H22ClN3O3S. The van der Waals surface area contributed by atoms with Gasteiger partial charge in [0.2, 0.25) is 5.91 Å². The summed E-state index contributed by atoms with van der Waals surface area (Å²) in [6.45, 7) is 1.27. The quantitative estimate of drug-likeness (QED) is 0.690. The molecule has 1 aliphatic heterocycles. The summed E-state index contributed by atoms with van der Waals surface area (Å²) in [5.41, 5.74) is 0.892. The van der Waals surface area contributed by atoms with Crippen LogP contribution in [-0.4, -0.2) is 53.1 Å². The van der Waals surface area contributed by atoms with E-state index in [4.69, 9.17) is 11.6 Å². The number of benzene rings is 1. The Morgan fingerprint density at radius 2 is 1.93 bits per heavy atom. The number of carbonyl (C=O) groups is 1. The van der Waals surface area contributed by atoms with Gasteiger partial charge in [-0.25, -0.2) is 8.42 Å². The van der Waals surface area contributed by atoms with Gasteiger partial charge in [0.15, 0.2) is 9.84 Å². The number of halogens is 1. The highest BCUT2D eigenvalue weighted by atomic mass is 35.5. The molecule has 144 valence electrons. The Morgan fingerprint density at radius 3 is 2.56 bits per heavy atom. The first kappa shape index (κ1) is 19.6. The highest BCUT2D eigenvalue weighted by Crippen LogP contribution is 2.19. The SMILES string of the molecule is O=C(/C=C/c1ccc(Cl)cc1)N1CCC(S(=O)(=O)CCn2cccn2)CC1. The van der Waals surface area contributed by atoms with Crippen molar-refractivity contribution < 1.29 is 13.2 Å². The van der Waals surface area contributed by atoms with E-state index >= 15 is 0 Å². The maximum Gasteiger partial charge on any atom is 0.246 e. The number of hydrogen-bond donors (Lipinski definition) is 0. The molecule has 1 saturated heterocycles. The second-order valence-electron chi connectivity index (χ2n) is 6.55. The zero-order valence-corrected chi connectivity index (χ0v) is 16.4. The van der Waals surface area contributed by atoms with Gasteiger partial charge in [0.25, 0.3) is 0 Å². The molecule has 27 heavy (non-hydrogen) atoms. The summed E-state index contributed by atoms with van der Waals surface area (Å²) >= 11 is 5.84. The van der Waals surface area contributed by atoms with Crippen molar-refractivity contribution >= 4 is 33.4 Å². The largest absolute Gasteiger partial charge is 0.339 e. The molecule has 6 nitrogen and oxygen atoms in total. The van der Waals surface area contributed by atoms with Gasteiger partial charge in [-0.2, -0.15) is 5.10 Å². The van der Waals surface area contributed by atoms with Crippen LogP contribution in [0.25, 0.3) is 6.08 Å². The summed E-state index contributed by atoms with van der Waals surface area (Å²) in [4.78, 5) is 14.0. The summed E-state index contributed by atoms with van der Waals surface area (Å²) in [6.07, 6.45) is 7.60. The lowest BCUT2D eigenvalue weighted by Crippen LogP contribution is -2.42. The Hall–Kier alpha value is -2.12. The second-order valence-corrected chi connectivity index (χ2v) is 9.38. The molecule has 0 N–H and O–H groups in total. The van der Waals surface area contributed by atoms with E-state index in [2.05, 4.69) is 5.10 Å². The van der Waals surface area contributed by atoms with Crippen molar-refractivity contribution in [1.29, 1.82) is 0 Å². The Morgan fingerprint density at radius 1 is 1.22 bits per heavy atom. The number of aromatic nitrogens is 2. The summed E-state index contributed by atoms with van der Waals surface area (Å²) in [6, 6.07) is 8.99. The molecule has 3 rings (SSSR count). The monoisotopic (exact) mass is 407 g/mol. The van der Waals surface area contributed by atoms with Crippen LogP contribution in [-0.2, 0) is 21.2 Å². The third-order valence-corrected chi connectivity index (χ3v) is 7.20. The fourth-order valence-corrected chi connectivity index (χ4v) is 4.93. The van der Waals surface area contributed by atoms with Crippen LogP contribution in [0.5, 0.6) is 0 Å². The average molecular weight is 408 g/mol. The van der Waals surface area contributed by atoms with Crippen LogP contribution in [0.2, 0.25) is 5.02 Å². The van der Waals surface area contributed by atoms with E-state index in [1.54, 1.807) is 46.3 Å². The number of hydrogen-bond acceptors (Lipinski definition) is 4. The molecule has 1 aliphatic rings. The van der Waals surface area contributed by atoms with Crippen LogP contribution in [0.15, 0.2) is 48.8 Å². The molecule has 2 aromatic rings. The molecule has 1 aromatic carbocycles. The average Bonchev–Trinajstić information content (AvgIpc) is 3.20. The molecule has 0 spiro atoms. The lowest BCUT2D eigenvalue weighted by atomic mass is 10.1. The van der Waals surface area contributed by atoms with E-state index in [1.807, 2.05) is 12.1 Å². The van der Waals surface area contributed by atoms with E-state index in [1.165, 1.54) is 6.08 Å². The fraction of sp³-hybridized carbons (Fsp3) is 0.368. The number of likely N-dealkylation sites (tertiary alicyclic amines) is 1. The number of nitrogens with zero attached hydrogens (tertiary/aromatic N) is 3. The van der Waals surface area contributed by atoms with Crippen LogP contribution in [0.1, 0.15) is 18.4 Å². The van der Waals surface area contributed by atoms with Gasteiger partial charge in [-0.15, -0.1) is 0 Å². The van der Waals surface area contributed by atoms with Crippen molar-refractivity contribution in [3.05, 3.63) is 59.4 Å². The molecular weight excluding hydrogens is 386 g/mol. The first-order valence-electron chi connectivity index (χ1n) is 8.85. The van der Waals surface area contributed by atoms with Crippen molar-refractivity contribution in [2.45, 2.75) is 24.6 Å². The fourth-order valence-electron chi connectivity index (χ4n) is 3.10. The molecule has 0 bridgehead atoms. The molecule has 0 saturated carbocycles. The Kier molecular flexibility index (Phi) is 6.34. The third kappa shape index (κ3) is 5.43. The van der Waals surface area contributed by atoms with Crippen LogP contribution < -0.4 is 0 Å². The molecule has 8 heteroatoms. The summed E-state index contributed by atoms with van der Waals surface area (Å²) in [5, 5.41) is 4.29. The minimum Gasteiger partial charge on any atom is -0.339 e. The van der Waals surface area contributed by atoms with Gasteiger partial charge in [-0.3, -0.25) is 9.48 Å². The number of carbonyl (C=O) groups excluding carboxylic acids is 1. The molecule has 1 fully saturated rings. The van der Waals surface area contributed by atoms with E-state index in [-0.39, 0.29) is 11.7 Å². The van der Waals surface area contributed by atoms with Gasteiger partial charge in [-0.05, 0) is 42.7 Å². The molecule has 1 amide bonds. The summed E-state index contributed by atoms with van der Waals surface area (Å²) in [7, 11) is -3.20. The van der Waals surface area contributed by atoms with Crippen molar-refractivity contribution in [2.24, 2.45) is 0 Å². The first-order chi connectivity index (χ1) is 12.9. The minimum atomic E-state index is -3.20. The summed E-state index contributed by atoms with van der Waals surface area (Å²) in [5.74, 6) is -0.0265. The lowest BCUT2D eigenvalue weighted by Gasteiger charge is -2.31. The molecule has 0 aliphatic carbocycles. The smallest absolute Gasteiger partial charge is 0.246 e. The van der Waals surface area contributed by atoms with Gasteiger partial charge in [0.1, 0.15) is 0 Å². The second kappa shape index (κ2) is 8.71. The minimum absolute atomic E-state index is 0.0732. The molecule has 0 atom stereocenters. The van der Waals surface area contributed by atoms with E-state index in [0.29, 0.717) is 37.5 Å². The highest BCUT2D eigenvalue weighted by molar-refractivity contribution is 7.92. The van der Waals surface area contributed by atoms with Crippen molar-refractivity contribution in [1.82, 2.24) is 14.7 Å². The maximum atomic E-state index is 12.5. The highest BCUT2D eigenvalue weighted by Gasteiger charge is 2.30. The Balaban J connectivity index is 1.50. The molecule has 0 unspecified atom stereocenters. The Bertz CT molecular complexity index is 885. The van der Waals surface area contributed by atoms with Gasteiger partial charge in [-0.1, -0.05) is 23.7 Å². The topological polar surface area (TPSA) is 72.3 Å². The number of piperidine rings is 1. The predicted octanol–water partition coefficient (Wildman–Crippen LogP) is 2.66. The number of aryl methyl sites for hydroxylation is 1. The van der Waals surface area contributed by atoms with Gasteiger partial charge < -0.3 is 4.90 Å². The zero-order valence-electron chi connectivity index (χ0n) is 14.9. The normalized spacial score (nSPS) is 16.1. The van der Waals surface area contributed by atoms with Gasteiger partial charge >= 0.3 is 0 Å². The standard InChI is InChI=1S/C19H22ClN3O3S/c20-17-5-2-16(3-6-17)4-7-19(24)22-12-8-18(9-13-22)27(25,26)15-14-23-11-1-10-21-23/h1-7,10-11,18H,8-9,12-15H2/b7-4+. The number of sulfone groups is 1. The predicted molar refractivity (Wildman–Crippen MR) is 106 cm³/mol. The van der Waals surface area contributed by atoms with E-state index < -0.39 is 15.1 Å². The van der Waals surface area contributed by atoms with Gasteiger partial charge in [0, 0.05) is 36.6 Å². The number of amides is 1. The maximum absolute atomic E-state index is 12.5. The number of rotatable bonds is 6. The van der Waals surface area contributed by atoms with Crippen molar-refractivity contribution in [2.75, 3.05) is 18.8 Å². The zero-order chi connectivity index (χ0) is 19.3. The summed E-state index contributed by atoms with van der Waals surface area (Å²) < 4.78 is 26.7. The van der Waals surface area contributed by atoms with Crippen LogP contribution >= 0.6 is 11.6 Å².